The smallest absolute Gasteiger partial charge is 0.255 e. The second kappa shape index (κ2) is 10.1. The van der Waals surface area contributed by atoms with Crippen molar-refractivity contribution in [1.29, 1.82) is 0 Å². The molecule has 0 aromatic heterocycles. The van der Waals surface area contributed by atoms with Crippen molar-refractivity contribution in [2.24, 2.45) is 17.4 Å². The van der Waals surface area contributed by atoms with E-state index in [1.54, 1.807) is 12.1 Å². The average Bonchev–Trinajstić information content (AvgIpc) is 2.58. The SMILES string of the molecule is COc1cc(CNC(=O)C2CCCC(N)C2)ccc1OCC(N)=O.Cl. The molecule has 7 nitrogen and oxygen atoms in total. The van der Waals surface area contributed by atoms with Gasteiger partial charge in [-0.1, -0.05) is 12.5 Å². The van der Waals surface area contributed by atoms with Gasteiger partial charge < -0.3 is 26.3 Å². The van der Waals surface area contributed by atoms with E-state index in [9.17, 15) is 9.59 Å². The molecule has 0 aliphatic heterocycles. The minimum absolute atomic E-state index is 0. The lowest BCUT2D eigenvalue weighted by molar-refractivity contribution is -0.126. The summed E-state index contributed by atoms with van der Waals surface area (Å²) < 4.78 is 10.5. The molecule has 0 heterocycles. The summed E-state index contributed by atoms with van der Waals surface area (Å²) in [4.78, 5) is 23.0. The van der Waals surface area contributed by atoms with Gasteiger partial charge in [0.15, 0.2) is 18.1 Å². The molecule has 1 aliphatic carbocycles. The lowest BCUT2D eigenvalue weighted by Gasteiger charge is -2.25. The first-order chi connectivity index (χ1) is 11.5. The maximum atomic E-state index is 12.2. The number of rotatable bonds is 7. The maximum Gasteiger partial charge on any atom is 0.255 e. The third kappa shape index (κ3) is 6.43. The average molecular weight is 372 g/mol. The molecule has 0 saturated heterocycles. The number of carbonyl (C=O) groups is 2. The molecule has 1 aromatic rings. The largest absolute Gasteiger partial charge is 0.493 e. The molecule has 1 saturated carbocycles. The second-order valence-electron chi connectivity index (χ2n) is 6.08. The van der Waals surface area contributed by atoms with Crippen LogP contribution in [0, 0.1) is 5.92 Å². The van der Waals surface area contributed by atoms with Crippen LogP contribution in [0.5, 0.6) is 11.5 Å². The fraction of sp³-hybridized carbons (Fsp3) is 0.529. The van der Waals surface area contributed by atoms with Crippen molar-refractivity contribution in [3.8, 4) is 11.5 Å². The van der Waals surface area contributed by atoms with Gasteiger partial charge in [-0.15, -0.1) is 12.4 Å². The molecule has 25 heavy (non-hydrogen) atoms. The minimum Gasteiger partial charge on any atom is -0.493 e. The van der Waals surface area contributed by atoms with Crippen molar-refractivity contribution < 1.29 is 19.1 Å². The van der Waals surface area contributed by atoms with Crippen molar-refractivity contribution in [3.63, 3.8) is 0 Å². The van der Waals surface area contributed by atoms with Crippen molar-refractivity contribution in [2.75, 3.05) is 13.7 Å². The van der Waals surface area contributed by atoms with Crippen molar-refractivity contribution in [1.82, 2.24) is 5.32 Å². The topological polar surface area (TPSA) is 117 Å². The molecule has 1 fully saturated rings. The molecular weight excluding hydrogens is 346 g/mol. The van der Waals surface area contributed by atoms with Gasteiger partial charge >= 0.3 is 0 Å². The zero-order valence-corrected chi connectivity index (χ0v) is 15.1. The third-order valence-electron chi connectivity index (χ3n) is 4.15. The molecule has 8 heteroatoms. The predicted octanol–water partition coefficient (Wildman–Crippen LogP) is 1.11. The first kappa shape index (κ1) is 21.1. The molecule has 5 N–H and O–H groups in total. The second-order valence-corrected chi connectivity index (χ2v) is 6.08. The number of amides is 2. The van der Waals surface area contributed by atoms with Crippen LogP contribution in [0.25, 0.3) is 0 Å². The highest BCUT2D eigenvalue weighted by Crippen LogP contribution is 2.28. The maximum absolute atomic E-state index is 12.2. The van der Waals surface area contributed by atoms with E-state index in [2.05, 4.69) is 5.32 Å². The molecule has 2 rings (SSSR count). The number of carbonyl (C=O) groups excluding carboxylic acids is 2. The molecule has 2 atom stereocenters. The number of hydrogen-bond donors (Lipinski definition) is 3. The van der Waals surface area contributed by atoms with Crippen molar-refractivity contribution in [2.45, 2.75) is 38.3 Å². The van der Waals surface area contributed by atoms with Crippen molar-refractivity contribution in [3.05, 3.63) is 23.8 Å². The van der Waals surface area contributed by atoms with Crippen molar-refractivity contribution >= 4 is 24.2 Å². The highest BCUT2D eigenvalue weighted by atomic mass is 35.5. The van der Waals surface area contributed by atoms with Crippen LogP contribution in [0.15, 0.2) is 18.2 Å². The van der Waals surface area contributed by atoms with Gasteiger partial charge in [0.05, 0.1) is 7.11 Å². The van der Waals surface area contributed by atoms with Gasteiger partial charge in [0, 0.05) is 18.5 Å². The summed E-state index contributed by atoms with van der Waals surface area (Å²) in [5.41, 5.74) is 11.9. The molecule has 0 bridgehead atoms. The molecular formula is C17H26ClN3O4. The van der Waals surface area contributed by atoms with Crippen LogP contribution in [0.4, 0.5) is 0 Å². The van der Waals surface area contributed by atoms with Crippen LogP contribution in [0.2, 0.25) is 0 Å². The number of nitrogens with one attached hydrogen (secondary N) is 1. The Morgan fingerprint density at radius 3 is 2.68 bits per heavy atom. The minimum atomic E-state index is -0.556. The number of primary amides is 1. The van der Waals surface area contributed by atoms with Gasteiger partial charge in [-0.3, -0.25) is 9.59 Å². The Bertz CT molecular complexity index is 597. The number of nitrogens with two attached hydrogens (primary N) is 2. The third-order valence-corrected chi connectivity index (χ3v) is 4.15. The Kier molecular flexibility index (Phi) is 8.51. The van der Waals surface area contributed by atoms with Crippen LogP contribution < -0.4 is 26.3 Å². The Morgan fingerprint density at radius 2 is 2.04 bits per heavy atom. The first-order valence-electron chi connectivity index (χ1n) is 8.11. The van der Waals surface area contributed by atoms with Crippen LogP contribution in [0.1, 0.15) is 31.2 Å². The van der Waals surface area contributed by atoms with E-state index in [4.69, 9.17) is 20.9 Å². The van der Waals surface area contributed by atoms with E-state index in [-0.39, 0.29) is 36.9 Å². The number of benzene rings is 1. The quantitative estimate of drug-likeness (QED) is 0.663. The summed E-state index contributed by atoms with van der Waals surface area (Å²) in [6, 6.07) is 5.39. The lowest BCUT2D eigenvalue weighted by atomic mass is 9.85. The Morgan fingerprint density at radius 1 is 1.28 bits per heavy atom. The molecule has 2 amide bonds. The van der Waals surface area contributed by atoms with Gasteiger partial charge in [0.2, 0.25) is 5.91 Å². The van der Waals surface area contributed by atoms with Gasteiger partial charge in [-0.05, 0) is 37.0 Å². The molecule has 1 aliphatic rings. The predicted molar refractivity (Wildman–Crippen MR) is 96.7 cm³/mol. The number of methoxy groups -OCH3 is 1. The Balaban J connectivity index is 0.00000312. The molecule has 0 radical (unpaired) electrons. The van der Waals surface area contributed by atoms with Crippen LogP contribution >= 0.6 is 12.4 Å². The molecule has 0 spiro atoms. The van der Waals surface area contributed by atoms with E-state index >= 15 is 0 Å². The summed E-state index contributed by atoms with van der Waals surface area (Å²) in [7, 11) is 1.51. The summed E-state index contributed by atoms with van der Waals surface area (Å²) in [6.07, 6.45) is 3.63. The fourth-order valence-electron chi connectivity index (χ4n) is 2.89. The van der Waals surface area contributed by atoms with Crippen LogP contribution in [0.3, 0.4) is 0 Å². The zero-order valence-electron chi connectivity index (χ0n) is 14.3. The molecule has 1 aromatic carbocycles. The number of ether oxygens (including phenoxy) is 2. The molecule has 140 valence electrons. The lowest BCUT2D eigenvalue weighted by Crippen LogP contribution is -2.37. The fourth-order valence-corrected chi connectivity index (χ4v) is 2.89. The zero-order chi connectivity index (χ0) is 17.5. The Hall–Kier alpha value is -1.99. The number of hydrogen-bond acceptors (Lipinski definition) is 5. The normalized spacial score (nSPS) is 19.4. The van der Waals surface area contributed by atoms with E-state index in [0.717, 1.165) is 31.2 Å². The van der Waals surface area contributed by atoms with E-state index in [1.165, 1.54) is 7.11 Å². The first-order valence-corrected chi connectivity index (χ1v) is 8.11. The Labute approximate surface area is 153 Å². The van der Waals surface area contributed by atoms with Crippen LogP contribution in [-0.4, -0.2) is 31.6 Å². The summed E-state index contributed by atoms with van der Waals surface area (Å²) >= 11 is 0. The highest BCUT2D eigenvalue weighted by Gasteiger charge is 2.25. The number of halogens is 1. The highest BCUT2D eigenvalue weighted by molar-refractivity contribution is 5.85. The van der Waals surface area contributed by atoms with Gasteiger partial charge in [-0.25, -0.2) is 0 Å². The van der Waals surface area contributed by atoms with Gasteiger partial charge in [-0.2, -0.15) is 0 Å². The van der Waals surface area contributed by atoms with Crippen LogP contribution in [-0.2, 0) is 16.1 Å². The molecule has 2 unspecified atom stereocenters. The summed E-state index contributed by atoms with van der Waals surface area (Å²) in [5, 5.41) is 2.95. The summed E-state index contributed by atoms with van der Waals surface area (Å²) in [6.45, 7) is 0.186. The van der Waals surface area contributed by atoms with Gasteiger partial charge in [0.1, 0.15) is 0 Å². The van der Waals surface area contributed by atoms with E-state index in [1.807, 2.05) is 6.07 Å². The standard InChI is InChI=1S/C17H25N3O4.ClH/c1-23-15-7-11(5-6-14(15)24-10-16(19)21)9-20-17(22)12-3-2-4-13(18)8-12;/h5-7,12-13H,2-4,8-10,18H2,1H3,(H2,19,21)(H,20,22);1H. The monoisotopic (exact) mass is 371 g/mol. The van der Waals surface area contributed by atoms with E-state index < -0.39 is 5.91 Å². The van der Waals surface area contributed by atoms with Gasteiger partial charge in [0.25, 0.3) is 5.91 Å². The van der Waals surface area contributed by atoms with E-state index in [0.29, 0.717) is 18.0 Å². The summed E-state index contributed by atoms with van der Waals surface area (Å²) in [5.74, 6) is 0.401.